The van der Waals surface area contributed by atoms with Gasteiger partial charge in [0.15, 0.2) is 0 Å². The van der Waals surface area contributed by atoms with Gasteiger partial charge < -0.3 is 4.74 Å². The van der Waals surface area contributed by atoms with E-state index in [-0.39, 0.29) is 11.9 Å². The maximum atomic E-state index is 13.3. The van der Waals surface area contributed by atoms with E-state index in [9.17, 15) is 4.39 Å². The van der Waals surface area contributed by atoms with E-state index in [0.29, 0.717) is 11.5 Å². The van der Waals surface area contributed by atoms with Gasteiger partial charge in [0.25, 0.3) is 0 Å². The van der Waals surface area contributed by atoms with Gasteiger partial charge in [-0.05, 0) is 49.3 Å². The molecule has 1 heterocycles. The van der Waals surface area contributed by atoms with Crippen LogP contribution >= 0.6 is 0 Å². The summed E-state index contributed by atoms with van der Waals surface area (Å²) in [6.07, 6.45) is 3.14. The van der Waals surface area contributed by atoms with Gasteiger partial charge in [0.1, 0.15) is 5.82 Å². The summed E-state index contributed by atoms with van der Waals surface area (Å²) in [5, 5.41) is 0. The first kappa shape index (κ1) is 13.5. The van der Waals surface area contributed by atoms with Crippen molar-refractivity contribution in [2.75, 3.05) is 13.2 Å². The normalized spacial score (nSPS) is 18.8. The van der Waals surface area contributed by atoms with E-state index in [2.05, 4.69) is 5.43 Å². The number of hydrazine groups is 1. The van der Waals surface area contributed by atoms with Crippen LogP contribution in [0.1, 0.15) is 36.4 Å². The molecule has 0 aliphatic carbocycles. The Morgan fingerprint density at radius 1 is 1.44 bits per heavy atom. The molecule has 0 radical (unpaired) electrons. The third-order valence-corrected chi connectivity index (χ3v) is 3.70. The highest BCUT2D eigenvalue weighted by atomic mass is 19.1. The van der Waals surface area contributed by atoms with Crippen molar-refractivity contribution in [1.29, 1.82) is 0 Å². The van der Waals surface area contributed by atoms with Crippen molar-refractivity contribution in [3.05, 3.63) is 35.1 Å². The predicted molar refractivity (Wildman–Crippen MR) is 69.4 cm³/mol. The Hall–Kier alpha value is -0.970. The third-order valence-electron chi connectivity index (χ3n) is 3.70. The zero-order valence-electron chi connectivity index (χ0n) is 10.8. The van der Waals surface area contributed by atoms with Crippen LogP contribution in [0, 0.1) is 18.7 Å². The van der Waals surface area contributed by atoms with Crippen molar-refractivity contribution in [2.24, 2.45) is 11.8 Å². The van der Waals surface area contributed by atoms with Gasteiger partial charge in [-0.15, -0.1) is 0 Å². The fraction of sp³-hybridized carbons (Fsp3) is 0.571. The second-order valence-corrected chi connectivity index (χ2v) is 5.02. The van der Waals surface area contributed by atoms with Crippen molar-refractivity contribution >= 4 is 0 Å². The third kappa shape index (κ3) is 3.28. The van der Waals surface area contributed by atoms with Crippen LogP contribution in [-0.2, 0) is 4.74 Å². The van der Waals surface area contributed by atoms with E-state index in [0.717, 1.165) is 38.0 Å². The van der Waals surface area contributed by atoms with Gasteiger partial charge in [-0.3, -0.25) is 11.3 Å². The number of halogens is 1. The van der Waals surface area contributed by atoms with Gasteiger partial charge in [0, 0.05) is 19.3 Å². The minimum atomic E-state index is -0.166. The standard InChI is InChI=1S/C14H21FN2O/c1-10-8-12(2-3-13(10)15)14(17-16)9-11-4-6-18-7-5-11/h2-3,8,11,14,17H,4-7,9,16H2,1H3. The zero-order valence-corrected chi connectivity index (χ0v) is 10.8. The van der Waals surface area contributed by atoms with Crippen molar-refractivity contribution in [3.63, 3.8) is 0 Å². The van der Waals surface area contributed by atoms with Crippen molar-refractivity contribution in [3.8, 4) is 0 Å². The average molecular weight is 252 g/mol. The number of nitrogens with two attached hydrogens (primary N) is 1. The Bertz CT molecular complexity index is 391. The summed E-state index contributed by atoms with van der Waals surface area (Å²) in [6, 6.07) is 5.29. The lowest BCUT2D eigenvalue weighted by Gasteiger charge is -2.26. The van der Waals surface area contributed by atoms with E-state index >= 15 is 0 Å². The maximum absolute atomic E-state index is 13.3. The van der Waals surface area contributed by atoms with Gasteiger partial charge in [-0.1, -0.05) is 12.1 Å². The molecule has 0 spiro atoms. The molecule has 0 saturated carbocycles. The molecule has 1 aromatic carbocycles. The topological polar surface area (TPSA) is 47.3 Å². The number of hydrogen-bond acceptors (Lipinski definition) is 3. The Kier molecular flexibility index (Phi) is 4.69. The Morgan fingerprint density at radius 3 is 2.78 bits per heavy atom. The second kappa shape index (κ2) is 6.27. The predicted octanol–water partition coefficient (Wildman–Crippen LogP) is 2.46. The number of hydrogen-bond donors (Lipinski definition) is 2. The van der Waals surface area contributed by atoms with Crippen molar-refractivity contribution < 1.29 is 9.13 Å². The molecular weight excluding hydrogens is 231 g/mol. The van der Waals surface area contributed by atoms with Crippen molar-refractivity contribution in [2.45, 2.75) is 32.2 Å². The lowest BCUT2D eigenvalue weighted by molar-refractivity contribution is 0.0605. The minimum Gasteiger partial charge on any atom is -0.381 e. The summed E-state index contributed by atoms with van der Waals surface area (Å²) in [5.41, 5.74) is 4.57. The number of aryl methyl sites for hydroxylation is 1. The maximum Gasteiger partial charge on any atom is 0.126 e. The molecule has 0 bridgehead atoms. The largest absolute Gasteiger partial charge is 0.381 e. The van der Waals surface area contributed by atoms with Crippen LogP contribution in [0.5, 0.6) is 0 Å². The van der Waals surface area contributed by atoms with Crippen LogP contribution < -0.4 is 11.3 Å². The molecule has 1 aliphatic heterocycles. The summed E-state index contributed by atoms with van der Waals surface area (Å²) < 4.78 is 18.6. The first-order chi connectivity index (χ1) is 8.70. The van der Waals surface area contributed by atoms with Crippen LogP contribution in [0.2, 0.25) is 0 Å². The molecule has 18 heavy (non-hydrogen) atoms. The number of ether oxygens (including phenoxy) is 1. The highest BCUT2D eigenvalue weighted by Gasteiger charge is 2.20. The highest BCUT2D eigenvalue weighted by Crippen LogP contribution is 2.27. The Labute approximate surface area is 107 Å². The molecule has 1 saturated heterocycles. The summed E-state index contributed by atoms with van der Waals surface area (Å²) in [4.78, 5) is 0. The zero-order chi connectivity index (χ0) is 13.0. The Balaban J connectivity index is 2.04. The molecule has 2 rings (SSSR count). The number of rotatable bonds is 4. The SMILES string of the molecule is Cc1cc(C(CC2CCOCC2)NN)ccc1F. The van der Waals surface area contributed by atoms with Gasteiger partial charge >= 0.3 is 0 Å². The summed E-state index contributed by atoms with van der Waals surface area (Å²) in [5.74, 6) is 6.10. The van der Waals surface area contributed by atoms with E-state index in [4.69, 9.17) is 10.6 Å². The second-order valence-electron chi connectivity index (χ2n) is 5.02. The van der Waals surface area contributed by atoms with Crippen LogP contribution in [0.15, 0.2) is 18.2 Å². The highest BCUT2D eigenvalue weighted by molar-refractivity contribution is 5.26. The summed E-state index contributed by atoms with van der Waals surface area (Å²) in [7, 11) is 0. The first-order valence-corrected chi connectivity index (χ1v) is 6.50. The molecule has 1 atom stereocenters. The lowest BCUT2D eigenvalue weighted by atomic mass is 9.89. The van der Waals surface area contributed by atoms with Gasteiger partial charge in [0.05, 0.1) is 0 Å². The van der Waals surface area contributed by atoms with Crippen LogP contribution in [0.25, 0.3) is 0 Å². The molecule has 1 fully saturated rings. The summed E-state index contributed by atoms with van der Waals surface area (Å²) >= 11 is 0. The smallest absolute Gasteiger partial charge is 0.126 e. The fourth-order valence-electron chi connectivity index (χ4n) is 2.50. The molecule has 1 aromatic rings. The number of nitrogens with one attached hydrogen (secondary N) is 1. The lowest BCUT2D eigenvalue weighted by Crippen LogP contribution is -2.31. The summed E-state index contributed by atoms with van der Waals surface area (Å²) in [6.45, 7) is 3.45. The molecule has 0 amide bonds. The van der Waals surface area contributed by atoms with Gasteiger partial charge in [0.2, 0.25) is 0 Å². The van der Waals surface area contributed by atoms with E-state index in [1.54, 1.807) is 6.92 Å². The fourth-order valence-corrected chi connectivity index (χ4v) is 2.50. The molecule has 1 unspecified atom stereocenters. The van der Waals surface area contributed by atoms with E-state index in [1.807, 2.05) is 12.1 Å². The van der Waals surface area contributed by atoms with E-state index < -0.39 is 0 Å². The molecule has 4 heteroatoms. The molecular formula is C14H21FN2O. The van der Waals surface area contributed by atoms with Crippen molar-refractivity contribution in [1.82, 2.24) is 5.43 Å². The molecule has 0 aromatic heterocycles. The quantitative estimate of drug-likeness (QED) is 0.639. The van der Waals surface area contributed by atoms with Gasteiger partial charge in [-0.25, -0.2) is 4.39 Å². The number of benzene rings is 1. The first-order valence-electron chi connectivity index (χ1n) is 6.50. The molecule has 100 valence electrons. The minimum absolute atomic E-state index is 0.0902. The molecule has 3 N–H and O–H groups in total. The Morgan fingerprint density at radius 2 is 2.17 bits per heavy atom. The van der Waals surface area contributed by atoms with Crippen LogP contribution in [0.3, 0.4) is 0 Å². The van der Waals surface area contributed by atoms with Gasteiger partial charge in [-0.2, -0.15) is 0 Å². The monoisotopic (exact) mass is 252 g/mol. The molecule has 3 nitrogen and oxygen atoms in total. The van der Waals surface area contributed by atoms with Crippen LogP contribution in [-0.4, -0.2) is 13.2 Å². The molecule has 1 aliphatic rings. The van der Waals surface area contributed by atoms with E-state index in [1.165, 1.54) is 6.07 Å². The van der Waals surface area contributed by atoms with Crippen LogP contribution in [0.4, 0.5) is 4.39 Å². The average Bonchev–Trinajstić information content (AvgIpc) is 2.40.